The van der Waals surface area contributed by atoms with E-state index in [1.807, 2.05) is 13.8 Å². The lowest BCUT2D eigenvalue weighted by Crippen LogP contribution is -2.42. The zero-order valence-corrected chi connectivity index (χ0v) is 12.5. The number of carbonyl (C=O) groups is 1. The van der Waals surface area contributed by atoms with Gasteiger partial charge in [-0.25, -0.2) is 4.79 Å². The van der Waals surface area contributed by atoms with E-state index in [0.29, 0.717) is 0 Å². The predicted octanol–water partition coefficient (Wildman–Crippen LogP) is 4.04. The van der Waals surface area contributed by atoms with Crippen LogP contribution in [-0.2, 0) is 12.7 Å². The van der Waals surface area contributed by atoms with Gasteiger partial charge in [0.2, 0.25) is 0 Å². The van der Waals surface area contributed by atoms with Gasteiger partial charge in [-0.2, -0.15) is 13.2 Å². The third kappa shape index (κ3) is 4.95. The number of amides is 2. The Hall–Kier alpha value is -1.72. The van der Waals surface area contributed by atoms with Crippen molar-refractivity contribution in [2.75, 3.05) is 7.05 Å². The van der Waals surface area contributed by atoms with Gasteiger partial charge in [-0.3, -0.25) is 0 Å². The van der Waals surface area contributed by atoms with Crippen LogP contribution in [0, 0.1) is 0 Å². The number of halogens is 3. The Bertz CT molecular complexity index is 470. The Kier molecular flexibility index (Phi) is 6.05. The van der Waals surface area contributed by atoms with E-state index in [4.69, 9.17) is 0 Å². The highest BCUT2D eigenvalue weighted by Gasteiger charge is 2.33. The highest BCUT2D eigenvalue weighted by molar-refractivity contribution is 5.74. The second-order valence-electron chi connectivity index (χ2n) is 4.97. The van der Waals surface area contributed by atoms with Gasteiger partial charge in [-0.1, -0.05) is 32.0 Å². The summed E-state index contributed by atoms with van der Waals surface area (Å²) in [5.74, 6) is 0. The molecule has 0 bridgehead atoms. The molecule has 2 amide bonds. The second-order valence-corrected chi connectivity index (χ2v) is 4.97. The fourth-order valence-electron chi connectivity index (χ4n) is 2.04. The van der Waals surface area contributed by atoms with Crippen molar-refractivity contribution in [2.24, 2.45) is 0 Å². The maximum Gasteiger partial charge on any atom is 0.416 e. The molecule has 0 radical (unpaired) electrons. The molecule has 3 nitrogen and oxygen atoms in total. The average Bonchev–Trinajstić information content (AvgIpc) is 2.43. The summed E-state index contributed by atoms with van der Waals surface area (Å²) in [7, 11) is 1.49. The van der Waals surface area contributed by atoms with Crippen molar-refractivity contribution in [3.8, 4) is 0 Å². The van der Waals surface area contributed by atoms with Crippen LogP contribution in [0.4, 0.5) is 18.0 Å². The Labute approximate surface area is 123 Å². The van der Waals surface area contributed by atoms with Crippen LogP contribution in [0.15, 0.2) is 24.3 Å². The number of hydrogen-bond donors (Lipinski definition) is 1. The number of nitrogens with one attached hydrogen (secondary N) is 1. The molecular weight excluding hydrogens is 281 g/mol. The minimum atomic E-state index is -4.41. The number of carbonyl (C=O) groups excluding carboxylic acids is 1. The fraction of sp³-hybridized carbons (Fsp3) is 0.533. The van der Waals surface area contributed by atoms with Crippen LogP contribution in [0.1, 0.15) is 37.8 Å². The molecule has 0 saturated heterocycles. The number of alkyl halides is 3. The van der Waals surface area contributed by atoms with E-state index < -0.39 is 11.7 Å². The topological polar surface area (TPSA) is 32.3 Å². The predicted molar refractivity (Wildman–Crippen MR) is 75.8 cm³/mol. The lowest BCUT2D eigenvalue weighted by molar-refractivity contribution is -0.138. The highest BCUT2D eigenvalue weighted by Crippen LogP contribution is 2.32. The maximum absolute atomic E-state index is 12.9. The summed E-state index contributed by atoms with van der Waals surface area (Å²) in [4.78, 5) is 13.2. The molecule has 0 aromatic heterocycles. The lowest BCUT2D eigenvalue weighted by atomic mass is 10.1. The number of urea groups is 1. The van der Waals surface area contributed by atoms with Gasteiger partial charge in [-0.15, -0.1) is 0 Å². The van der Waals surface area contributed by atoms with Crippen LogP contribution in [-0.4, -0.2) is 24.0 Å². The Balaban J connectivity index is 2.80. The number of hydrogen-bond acceptors (Lipinski definition) is 1. The largest absolute Gasteiger partial charge is 0.416 e. The first-order chi connectivity index (χ1) is 9.79. The quantitative estimate of drug-likeness (QED) is 0.875. The first-order valence-electron chi connectivity index (χ1n) is 6.96. The van der Waals surface area contributed by atoms with E-state index in [2.05, 4.69) is 5.32 Å². The Morgan fingerprint density at radius 3 is 2.33 bits per heavy atom. The van der Waals surface area contributed by atoms with Gasteiger partial charge in [0.25, 0.3) is 0 Å². The Morgan fingerprint density at radius 1 is 1.24 bits per heavy atom. The van der Waals surface area contributed by atoms with Crippen molar-refractivity contribution in [3.05, 3.63) is 35.4 Å². The van der Waals surface area contributed by atoms with E-state index in [1.54, 1.807) is 0 Å². The first kappa shape index (κ1) is 17.3. The molecule has 1 aromatic carbocycles. The van der Waals surface area contributed by atoms with E-state index in [0.717, 1.165) is 18.9 Å². The summed E-state index contributed by atoms with van der Waals surface area (Å²) in [5, 5.41) is 2.80. The van der Waals surface area contributed by atoms with Gasteiger partial charge in [0, 0.05) is 19.6 Å². The van der Waals surface area contributed by atoms with Gasteiger partial charge >= 0.3 is 12.2 Å². The minimum absolute atomic E-state index is 0.0396. The first-order valence-corrected chi connectivity index (χ1v) is 6.96. The van der Waals surface area contributed by atoms with E-state index in [1.165, 1.54) is 30.1 Å². The summed E-state index contributed by atoms with van der Waals surface area (Å²) in [6.45, 7) is 3.82. The lowest BCUT2D eigenvalue weighted by Gasteiger charge is -2.23. The van der Waals surface area contributed by atoms with Crippen LogP contribution < -0.4 is 5.32 Å². The van der Waals surface area contributed by atoms with Gasteiger partial charge in [0.15, 0.2) is 0 Å². The van der Waals surface area contributed by atoms with Crippen molar-refractivity contribution in [1.82, 2.24) is 10.2 Å². The monoisotopic (exact) mass is 302 g/mol. The van der Waals surface area contributed by atoms with Gasteiger partial charge in [0.1, 0.15) is 0 Å². The molecule has 0 spiro atoms. The average molecular weight is 302 g/mol. The zero-order valence-electron chi connectivity index (χ0n) is 12.5. The fourth-order valence-corrected chi connectivity index (χ4v) is 2.04. The van der Waals surface area contributed by atoms with Crippen molar-refractivity contribution in [3.63, 3.8) is 0 Å². The van der Waals surface area contributed by atoms with Crippen LogP contribution >= 0.6 is 0 Å². The Morgan fingerprint density at radius 2 is 1.81 bits per heavy atom. The third-order valence-electron chi connectivity index (χ3n) is 3.39. The molecule has 1 rings (SSSR count). The molecule has 6 heteroatoms. The molecule has 118 valence electrons. The molecule has 0 aliphatic carbocycles. The number of benzene rings is 1. The van der Waals surface area contributed by atoms with Gasteiger partial charge < -0.3 is 10.2 Å². The van der Waals surface area contributed by atoms with Crippen molar-refractivity contribution < 1.29 is 18.0 Å². The number of nitrogens with zero attached hydrogens (tertiary/aromatic N) is 1. The van der Waals surface area contributed by atoms with Crippen LogP contribution in [0.5, 0.6) is 0 Å². The minimum Gasteiger partial charge on any atom is -0.335 e. The third-order valence-corrected chi connectivity index (χ3v) is 3.39. The van der Waals surface area contributed by atoms with Crippen molar-refractivity contribution >= 4 is 6.03 Å². The summed E-state index contributed by atoms with van der Waals surface area (Å²) in [5.41, 5.74) is -0.612. The normalized spacial score (nSPS) is 11.6. The molecule has 0 aliphatic rings. The molecule has 0 aliphatic heterocycles. The standard InChI is InChI=1S/C15H21F3N2O/c1-4-12(5-2)19-14(21)20(3)10-11-8-6-7-9-13(11)15(16,17)18/h6-9,12H,4-5,10H2,1-3H3,(H,19,21). The molecule has 0 saturated carbocycles. The number of rotatable bonds is 5. The molecule has 1 aromatic rings. The molecule has 21 heavy (non-hydrogen) atoms. The highest BCUT2D eigenvalue weighted by atomic mass is 19.4. The summed E-state index contributed by atoms with van der Waals surface area (Å²) in [6, 6.07) is 4.98. The van der Waals surface area contributed by atoms with E-state index in [-0.39, 0.29) is 24.2 Å². The van der Waals surface area contributed by atoms with Crippen LogP contribution in [0.25, 0.3) is 0 Å². The van der Waals surface area contributed by atoms with Gasteiger partial charge in [-0.05, 0) is 24.5 Å². The molecule has 0 fully saturated rings. The SMILES string of the molecule is CCC(CC)NC(=O)N(C)Cc1ccccc1C(F)(F)F. The van der Waals surface area contributed by atoms with E-state index >= 15 is 0 Å². The second kappa shape index (κ2) is 7.33. The van der Waals surface area contributed by atoms with Crippen molar-refractivity contribution in [2.45, 2.75) is 45.5 Å². The summed E-state index contributed by atoms with van der Waals surface area (Å²) in [6.07, 6.45) is -2.84. The van der Waals surface area contributed by atoms with Crippen molar-refractivity contribution in [1.29, 1.82) is 0 Å². The molecule has 0 atom stereocenters. The molecule has 0 heterocycles. The van der Waals surface area contributed by atoms with Crippen LogP contribution in [0.2, 0.25) is 0 Å². The smallest absolute Gasteiger partial charge is 0.335 e. The van der Waals surface area contributed by atoms with Crippen LogP contribution in [0.3, 0.4) is 0 Å². The zero-order chi connectivity index (χ0) is 16.0. The summed E-state index contributed by atoms with van der Waals surface area (Å²) < 4.78 is 38.7. The molecule has 0 unspecified atom stereocenters. The molecule has 1 N–H and O–H groups in total. The maximum atomic E-state index is 12.9. The molecular formula is C15H21F3N2O. The summed E-state index contributed by atoms with van der Waals surface area (Å²) >= 11 is 0. The van der Waals surface area contributed by atoms with E-state index in [9.17, 15) is 18.0 Å². The van der Waals surface area contributed by atoms with Gasteiger partial charge in [0.05, 0.1) is 5.56 Å².